The van der Waals surface area contributed by atoms with Gasteiger partial charge in [0.2, 0.25) is 0 Å². The summed E-state index contributed by atoms with van der Waals surface area (Å²) >= 11 is 0. The molecule has 0 saturated heterocycles. The number of benzene rings is 1. The first-order valence-electron chi connectivity index (χ1n) is 7.25. The molecule has 18 heavy (non-hydrogen) atoms. The summed E-state index contributed by atoms with van der Waals surface area (Å²) < 4.78 is 6.13. The molecule has 2 heteroatoms. The van der Waals surface area contributed by atoms with E-state index in [2.05, 4.69) is 0 Å². The van der Waals surface area contributed by atoms with Crippen LogP contribution in [0.25, 0.3) is 0 Å². The zero-order chi connectivity index (χ0) is 12.8. The number of hydrogen-bond acceptors (Lipinski definition) is 2. The number of ether oxygens (including phenoxy) is 1. The average Bonchev–Trinajstić information content (AvgIpc) is 2.67. The summed E-state index contributed by atoms with van der Waals surface area (Å²) in [5, 5.41) is 10.0. The molecule has 0 bridgehead atoms. The molecule has 0 aromatic heterocycles. The Morgan fingerprint density at radius 1 is 1.17 bits per heavy atom. The van der Waals surface area contributed by atoms with Crippen molar-refractivity contribution in [1.29, 1.82) is 0 Å². The average molecular weight is 248 g/mol. The van der Waals surface area contributed by atoms with E-state index in [1.165, 1.54) is 25.7 Å². The van der Waals surface area contributed by atoms with Crippen molar-refractivity contribution in [2.45, 2.75) is 64.1 Å². The molecule has 1 aliphatic carbocycles. The van der Waals surface area contributed by atoms with Crippen LogP contribution < -0.4 is 4.74 Å². The number of aliphatic hydroxyl groups excluding tert-OH is 1. The van der Waals surface area contributed by atoms with Crippen molar-refractivity contribution in [3.8, 4) is 5.75 Å². The van der Waals surface area contributed by atoms with Gasteiger partial charge in [-0.05, 0) is 38.2 Å². The van der Waals surface area contributed by atoms with E-state index in [-0.39, 0.29) is 0 Å². The Kier molecular flexibility index (Phi) is 5.06. The molecule has 1 atom stereocenters. The Bertz CT molecular complexity index is 354. The number of rotatable bonds is 4. The monoisotopic (exact) mass is 248 g/mol. The van der Waals surface area contributed by atoms with Crippen LogP contribution >= 0.6 is 0 Å². The van der Waals surface area contributed by atoms with Crippen LogP contribution in [0.3, 0.4) is 0 Å². The molecular weight excluding hydrogens is 224 g/mol. The smallest absolute Gasteiger partial charge is 0.125 e. The summed E-state index contributed by atoms with van der Waals surface area (Å²) in [7, 11) is 0. The van der Waals surface area contributed by atoms with E-state index >= 15 is 0 Å². The van der Waals surface area contributed by atoms with Gasteiger partial charge in [-0.1, -0.05) is 38.0 Å². The van der Waals surface area contributed by atoms with Crippen molar-refractivity contribution in [2.24, 2.45) is 0 Å². The highest BCUT2D eigenvalue weighted by molar-refractivity contribution is 5.35. The van der Waals surface area contributed by atoms with Crippen LogP contribution in [0.15, 0.2) is 24.3 Å². The van der Waals surface area contributed by atoms with E-state index < -0.39 is 6.10 Å². The molecule has 0 aliphatic heterocycles. The van der Waals surface area contributed by atoms with E-state index in [9.17, 15) is 5.11 Å². The minimum Gasteiger partial charge on any atom is -0.490 e. The van der Waals surface area contributed by atoms with Crippen LogP contribution in [0.5, 0.6) is 5.75 Å². The van der Waals surface area contributed by atoms with Crippen LogP contribution in [-0.2, 0) is 0 Å². The van der Waals surface area contributed by atoms with Gasteiger partial charge in [0.15, 0.2) is 0 Å². The predicted octanol–water partition coefficient (Wildman–Crippen LogP) is 4.23. The lowest BCUT2D eigenvalue weighted by Crippen LogP contribution is -2.16. The Morgan fingerprint density at radius 2 is 1.83 bits per heavy atom. The van der Waals surface area contributed by atoms with Gasteiger partial charge in [0.25, 0.3) is 0 Å². The molecule has 1 aliphatic rings. The molecule has 2 rings (SSSR count). The van der Waals surface area contributed by atoms with Crippen molar-refractivity contribution in [1.82, 2.24) is 0 Å². The van der Waals surface area contributed by atoms with Crippen LogP contribution in [0.4, 0.5) is 0 Å². The molecular formula is C16H24O2. The second-order valence-electron chi connectivity index (χ2n) is 5.19. The maximum absolute atomic E-state index is 10.0. The van der Waals surface area contributed by atoms with Crippen molar-refractivity contribution < 1.29 is 9.84 Å². The van der Waals surface area contributed by atoms with Gasteiger partial charge >= 0.3 is 0 Å². The van der Waals surface area contributed by atoms with Crippen molar-refractivity contribution in [3.63, 3.8) is 0 Å². The van der Waals surface area contributed by atoms with E-state index in [4.69, 9.17) is 4.74 Å². The predicted molar refractivity (Wildman–Crippen MR) is 73.8 cm³/mol. The first-order chi connectivity index (χ1) is 8.81. The second-order valence-corrected chi connectivity index (χ2v) is 5.19. The topological polar surface area (TPSA) is 29.5 Å². The highest BCUT2D eigenvalue weighted by Crippen LogP contribution is 2.30. The third kappa shape index (κ3) is 3.49. The Labute approximate surface area is 110 Å². The second kappa shape index (κ2) is 6.79. The van der Waals surface area contributed by atoms with E-state index in [0.717, 1.165) is 30.6 Å². The summed E-state index contributed by atoms with van der Waals surface area (Å²) in [6.45, 7) is 1.99. The lowest BCUT2D eigenvalue weighted by atomic mass is 10.1. The minimum atomic E-state index is -0.410. The Hall–Kier alpha value is -1.02. The molecule has 100 valence electrons. The molecule has 1 N–H and O–H groups in total. The SMILES string of the molecule is CCC(O)c1ccccc1OC1CCCCCC1. The molecule has 1 aromatic rings. The summed E-state index contributed by atoms with van der Waals surface area (Å²) in [4.78, 5) is 0. The number of aliphatic hydroxyl groups is 1. The maximum atomic E-state index is 10.0. The van der Waals surface area contributed by atoms with Gasteiger partial charge in [-0.3, -0.25) is 0 Å². The highest BCUT2D eigenvalue weighted by atomic mass is 16.5. The first kappa shape index (κ1) is 13.4. The van der Waals surface area contributed by atoms with Gasteiger partial charge in [0.05, 0.1) is 12.2 Å². The van der Waals surface area contributed by atoms with Crippen molar-refractivity contribution in [3.05, 3.63) is 29.8 Å². The van der Waals surface area contributed by atoms with Gasteiger partial charge < -0.3 is 9.84 Å². The molecule has 0 spiro atoms. The normalized spacial score (nSPS) is 19.2. The fourth-order valence-electron chi connectivity index (χ4n) is 2.62. The summed E-state index contributed by atoms with van der Waals surface area (Å²) in [5.41, 5.74) is 0.934. The van der Waals surface area contributed by atoms with Crippen molar-refractivity contribution >= 4 is 0 Å². The molecule has 0 radical (unpaired) electrons. The van der Waals surface area contributed by atoms with Crippen molar-refractivity contribution in [2.75, 3.05) is 0 Å². The molecule has 0 amide bonds. The fraction of sp³-hybridized carbons (Fsp3) is 0.625. The molecule has 1 unspecified atom stereocenters. The van der Waals surface area contributed by atoms with Gasteiger partial charge in [-0.15, -0.1) is 0 Å². The van der Waals surface area contributed by atoms with Gasteiger partial charge in [0.1, 0.15) is 5.75 Å². The van der Waals surface area contributed by atoms with E-state index in [1.54, 1.807) is 0 Å². The highest BCUT2D eigenvalue weighted by Gasteiger charge is 2.17. The van der Waals surface area contributed by atoms with E-state index in [0.29, 0.717) is 6.10 Å². The summed E-state index contributed by atoms with van der Waals surface area (Å²) in [6.07, 6.45) is 8.15. The Balaban J connectivity index is 2.07. The molecule has 1 fully saturated rings. The van der Waals surface area contributed by atoms with E-state index in [1.807, 2.05) is 31.2 Å². The number of para-hydroxylation sites is 1. The molecule has 2 nitrogen and oxygen atoms in total. The molecule has 1 aromatic carbocycles. The molecule has 0 heterocycles. The minimum absolute atomic E-state index is 0.331. The quantitative estimate of drug-likeness (QED) is 0.808. The fourth-order valence-corrected chi connectivity index (χ4v) is 2.62. The van der Waals surface area contributed by atoms with Gasteiger partial charge in [-0.25, -0.2) is 0 Å². The van der Waals surface area contributed by atoms with Crippen LogP contribution in [0, 0.1) is 0 Å². The van der Waals surface area contributed by atoms with Crippen LogP contribution in [-0.4, -0.2) is 11.2 Å². The summed E-state index contributed by atoms with van der Waals surface area (Å²) in [5.74, 6) is 0.874. The first-order valence-corrected chi connectivity index (χ1v) is 7.25. The van der Waals surface area contributed by atoms with Gasteiger partial charge in [0, 0.05) is 5.56 Å². The Morgan fingerprint density at radius 3 is 2.50 bits per heavy atom. The molecule has 1 saturated carbocycles. The lowest BCUT2D eigenvalue weighted by molar-refractivity contribution is 0.149. The number of hydrogen-bond donors (Lipinski definition) is 1. The standard InChI is InChI=1S/C16H24O2/c1-2-15(17)14-11-7-8-12-16(14)18-13-9-5-3-4-6-10-13/h7-8,11-13,15,17H,2-6,9-10H2,1H3. The summed E-state index contributed by atoms with van der Waals surface area (Å²) in [6, 6.07) is 7.91. The van der Waals surface area contributed by atoms with Crippen LogP contribution in [0.2, 0.25) is 0 Å². The zero-order valence-corrected chi connectivity index (χ0v) is 11.3. The zero-order valence-electron chi connectivity index (χ0n) is 11.3. The van der Waals surface area contributed by atoms with Gasteiger partial charge in [-0.2, -0.15) is 0 Å². The third-order valence-electron chi connectivity index (χ3n) is 3.76. The largest absolute Gasteiger partial charge is 0.490 e. The lowest BCUT2D eigenvalue weighted by Gasteiger charge is -2.21. The maximum Gasteiger partial charge on any atom is 0.125 e. The van der Waals surface area contributed by atoms with Crippen LogP contribution in [0.1, 0.15) is 63.5 Å². The third-order valence-corrected chi connectivity index (χ3v) is 3.76.